The molecule has 0 saturated heterocycles. The third kappa shape index (κ3) is 2.68. The minimum atomic E-state index is 0. The topological polar surface area (TPSA) is 26.0 Å². The van der Waals surface area contributed by atoms with Gasteiger partial charge in [0.1, 0.15) is 0 Å². The van der Waals surface area contributed by atoms with Gasteiger partial charge in [0, 0.05) is 6.04 Å². The highest BCUT2D eigenvalue weighted by Gasteiger charge is 2.24. The molecule has 22 heavy (non-hydrogen) atoms. The number of rotatable bonds is 2. The summed E-state index contributed by atoms with van der Waals surface area (Å²) in [5.41, 5.74) is 13.6. The van der Waals surface area contributed by atoms with E-state index >= 15 is 0 Å². The summed E-state index contributed by atoms with van der Waals surface area (Å²) in [6, 6.07) is 15.9. The van der Waals surface area contributed by atoms with Gasteiger partial charge in [-0.15, -0.1) is 12.4 Å². The van der Waals surface area contributed by atoms with E-state index in [0.717, 1.165) is 6.42 Å². The Bertz CT molecular complexity index is 659. The molecule has 1 fully saturated rings. The predicted octanol–water partition coefficient (Wildman–Crippen LogP) is 5.26. The highest BCUT2D eigenvalue weighted by Crippen LogP contribution is 2.39. The molecule has 0 spiro atoms. The van der Waals surface area contributed by atoms with E-state index in [0.29, 0.717) is 5.92 Å². The molecular weight excluding hydrogens is 290 g/mol. The maximum atomic E-state index is 6.57. The maximum Gasteiger partial charge on any atom is 0.0323 e. The van der Waals surface area contributed by atoms with E-state index in [-0.39, 0.29) is 18.4 Å². The van der Waals surface area contributed by atoms with E-state index in [1.807, 2.05) is 0 Å². The maximum absolute atomic E-state index is 6.57. The van der Waals surface area contributed by atoms with Crippen LogP contribution in [0.4, 0.5) is 0 Å². The van der Waals surface area contributed by atoms with Crippen LogP contribution in [0.3, 0.4) is 0 Å². The van der Waals surface area contributed by atoms with Crippen LogP contribution in [0.2, 0.25) is 0 Å². The molecule has 0 aliphatic heterocycles. The van der Waals surface area contributed by atoms with Crippen molar-refractivity contribution in [3.05, 3.63) is 59.2 Å². The second-order valence-electron chi connectivity index (χ2n) is 6.67. The van der Waals surface area contributed by atoms with Gasteiger partial charge >= 0.3 is 0 Å². The molecule has 2 N–H and O–H groups in total. The Hall–Kier alpha value is -1.31. The summed E-state index contributed by atoms with van der Waals surface area (Å²) in [6.07, 6.45) is 7.78. The highest BCUT2D eigenvalue weighted by molar-refractivity contribution is 5.85. The Labute approximate surface area is 139 Å². The molecule has 0 unspecified atom stereocenters. The highest BCUT2D eigenvalue weighted by atomic mass is 35.5. The average molecular weight is 314 g/mol. The first-order chi connectivity index (χ1) is 10.3. The number of hydrogen-bond acceptors (Lipinski definition) is 1. The normalized spacial score (nSPS) is 18.2. The van der Waals surface area contributed by atoms with Crippen LogP contribution in [0.25, 0.3) is 11.1 Å². The van der Waals surface area contributed by atoms with Gasteiger partial charge in [0.05, 0.1) is 0 Å². The fourth-order valence-corrected chi connectivity index (χ4v) is 4.14. The summed E-state index contributed by atoms with van der Waals surface area (Å²) in [6.45, 7) is 0. The van der Waals surface area contributed by atoms with Gasteiger partial charge < -0.3 is 5.73 Å². The summed E-state index contributed by atoms with van der Waals surface area (Å²) < 4.78 is 0. The van der Waals surface area contributed by atoms with Crippen molar-refractivity contribution in [3.63, 3.8) is 0 Å². The van der Waals surface area contributed by atoms with Crippen molar-refractivity contribution >= 4 is 12.4 Å². The lowest BCUT2D eigenvalue weighted by atomic mass is 9.81. The Morgan fingerprint density at radius 2 is 1.59 bits per heavy atom. The summed E-state index contributed by atoms with van der Waals surface area (Å²) in [7, 11) is 0. The monoisotopic (exact) mass is 313 g/mol. The fourth-order valence-electron chi connectivity index (χ4n) is 4.14. The van der Waals surface area contributed by atoms with Crippen LogP contribution >= 0.6 is 12.4 Å². The molecule has 116 valence electrons. The molecule has 2 aromatic rings. The van der Waals surface area contributed by atoms with Crippen molar-refractivity contribution in [2.45, 2.75) is 44.6 Å². The second kappa shape index (κ2) is 6.44. The van der Waals surface area contributed by atoms with Crippen molar-refractivity contribution in [2.75, 3.05) is 0 Å². The number of hydrogen-bond donors (Lipinski definition) is 1. The summed E-state index contributed by atoms with van der Waals surface area (Å²) in [4.78, 5) is 0. The quantitative estimate of drug-likeness (QED) is 0.686. The molecule has 1 atom stereocenters. The van der Waals surface area contributed by atoms with E-state index in [1.54, 1.807) is 0 Å². The van der Waals surface area contributed by atoms with Crippen molar-refractivity contribution in [1.82, 2.24) is 0 Å². The Kier molecular flexibility index (Phi) is 4.56. The van der Waals surface area contributed by atoms with Gasteiger partial charge in [-0.05, 0) is 53.0 Å². The average Bonchev–Trinajstić information content (AvgIpc) is 2.92. The van der Waals surface area contributed by atoms with Gasteiger partial charge in [-0.25, -0.2) is 0 Å². The second-order valence-corrected chi connectivity index (χ2v) is 6.67. The van der Waals surface area contributed by atoms with Crippen LogP contribution in [-0.2, 0) is 6.42 Å². The SMILES string of the molecule is Cl.N[C@H](c1ccc2c(c1)Cc1ccccc1-2)C1CCCCC1. The van der Waals surface area contributed by atoms with E-state index in [2.05, 4.69) is 42.5 Å². The summed E-state index contributed by atoms with van der Waals surface area (Å²) in [5, 5.41) is 0. The van der Waals surface area contributed by atoms with Crippen molar-refractivity contribution in [3.8, 4) is 11.1 Å². The largest absolute Gasteiger partial charge is 0.324 e. The first-order valence-corrected chi connectivity index (χ1v) is 8.29. The van der Waals surface area contributed by atoms with Crippen LogP contribution in [0.1, 0.15) is 54.8 Å². The summed E-state index contributed by atoms with van der Waals surface area (Å²) in [5.74, 6) is 0.681. The Morgan fingerprint density at radius 3 is 2.41 bits per heavy atom. The third-order valence-electron chi connectivity index (χ3n) is 5.36. The molecule has 4 rings (SSSR count). The van der Waals surface area contributed by atoms with Crippen LogP contribution in [-0.4, -0.2) is 0 Å². The Balaban J connectivity index is 0.00000144. The molecule has 2 heteroatoms. The lowest BCUT2D eigenvalue weighted by Gasteiger charge is -2.28. The van der Waals surface area contributed by atoms with Crippen LogP contribution in [0.5, 0.6) is 0 Å². The van der Waals surface area contributed by atoms with Gasteiger partial charge in [-0.2, -0.15) is 0 Å². The zero-order valence-corrected chi connectivity index (χ0v) is 13.7. The third-order valence-corrected chi connectivity index (χ3v) is 5.36. The molecule has 1 saturated carbocycles. The molecule has 2 aliphatic rings. The van der Waals surface area contributed by atoms with E-state index in [4.69, 9.17) is 5.73 Å². The number of benzene rings is 2. The molecule has 0 amide bonds. The van der Waals surface area contributed by atoms with Crippen LogP contribution < -0.4 is 5.73 Å². The summed E-state index contributed by atoms with van der Waals surface area (Å²) >= 11 is 0. The predicted molar refractivity (Wildman–Crippen MR) is 95.4 cm³/mol. The van der Waals surface area contributed by atoms with Crippen molar-refractivity contribution in [2.24, 2.45) is 11.7 Å². The smallest absolute Gasteiger partial charge is 0.0323 e. The van der Waals surface area contributed by atoms with Gasteiger partial charge in [-0.3, -0.25) is 0 Å². The molecule has 0 radical (unpaired) electrons. The zero-order valence-electron chi connectivity index (χ0n) is 12.9. The van der Waals surface area contributed by atoms with Crippen LogP contribution in [0.15, 0.2) is 42.5 Å². The number of halogens is 1. The lowest BCUT2D eigenvalue weighted by molar-refractivity contribution is 0.308. The zero-order chi connectivity index (χ0) is 14.2. The van der Waals surface area contributed by atoms with Crippen molar-refractivity contribution < 1.29 is 0 Å². The number of fused-ring (bicyclic) bond motifs is 3. The van der Waals surface area contributed by atoms with E-state index in [1.165, 1.54) is 59.9 Å². The standard InChI is InChI=1S/C20H23N.ClH/c21-20(14-6-2-1-3-7-14)16-10-11-19-17(13-16)12-15-8-4-5-9-18(15)19;/h4-5,8-11,13-14,20H,1-3,6-7,12,21H2;1H/t20-;/m0./s1. The van der Waals surface area contributed by atoms with E-state index < -0.39 is 0 Å². The molecular formula is C20H24ClN. The van der Waals surface area contributed by atoms with Gasteiger partial charge in [0.25, 0.3) is 0 Å². The minimum Gasteiger partial charge on any atom is -0.324 e. The fraction of sp³-hybridized carbons (Fsp3) is 0.400. The minimum absolute atomic E-state index is 0. The molecule has 0 bridgehead atoms. The first-order valence-electron chi connectivity index (χ1n) is 8.29. The first kappa shape index (κ1) is 15.6. The van der Waals surface area contributed by atoms with Gasteiger partial charge in [0.2, 0.25) is 0 Å². The van der Waals surface area contributed by atoms with Gasteiger partial charge in [0.15, 0.2) is 0 Å². The molecule has 0 heterocycles. The Morgan fingerprint density at radius 1 is 0.864 bits per heavy atom. The van der Waals surface area contributed by atoms with Crippen LogP contribution in [0, 0.1) is 5.92 Å². The lowest BCUT2D eigenvalue weighted by Crippen LogP contribution is -2.23. The van der Waals surface area contributed by atoms with Gasteiger partial charge in [-0.1, -0.05) is 61.7 Å². The number of nitrogens with two attached hydrogens (primary N) is 1. The molecule has 0 aromatic heterocycles. The molecule has 2 aromatic carbocycles. The molecule has 2 aliphatic carbocycles. The van der Waals surface area contributed by atoms with E-state index in [9.17, 15) is 0 Å². The molecule has 1 nitrogen and oxygen atoms in total. The van der Waals surface area contributed by atoms with Crippen molar-refractivity contribution in [1.29, 1.82) is 0 Å².